The van der Waals surface area contributed by atoms with Gasteiger partial charge in [-0.3, -0.25) is 19.7 Å². The monoisotopic (exact) mass is 417 g/mol. The van der Waals surface area contributed by atoms with Crippen LogP contribution in [0.15, 0.2) is 42.9 Å². The first kappa shape index (κ1) is 19.3. The van der Waals surface area contributed by atoms with Crippen molar-refractivity contribution in [3.8, 4) is 16.9 Å². The van der Waals surface area contributed by atoms with Gasteiger partial charge >= 0.3 is 0 Å². The lowest BCUT2D eigenvalue weighted by molar-refractivity contribution is 0.0705. The quantitative estimate of drug-likeness (QED) is 0.677. The fourth-order valence-electron chi connectivity index (χ4n) is 4.46. The highest BCUT2D eigenvalue weighted by Crippen LogP contribution is 2.31. The molecule has 0 radical (unpaired) electrons. The number of carbonyl (C=O) groups is 2. The number of H-pyrrole nitrogens is 1. The molecule has 158 valence electrons. The number of hydrogen-bond acceptors (Lipinski definition) is 5. The SMILES string of the molecule is NC(=O)c1cn[nH]c1[C@@H]1CCCN(C(=O)c2cncc(-c3ccc4c(c3)CCO4)c2)C1. The molecule has 0 unspecified atom stereocenters. The van der Waals surface area contributed by atoms with Gasteiger partial charge in [0.1, 0.15) is 5.75 Å². The number of pyridine rings is 1. The van der Waals surface area contributed by atoms with Crippen LogP contribution < -0.4 is 10.5 Å². The number of amides is 2. The number of hydrogen-bond donors (Lipinski definition) is 2. The van der Waals surface area contributed by atoms with E-state index in [0.717, 1.165) is 36.1 Å². The molecule has 2 aliphatic heterocycles. The predicted octanol–water partition coefficient (Wildman–Crippen LogP) is 2.53. The van der Waals surface area contributed by atoms with Crippen LogP contribution in [0.1, 0.15) is 50.7 Å². The molecule has 0 aliphatic carbocycles. The molecule has 0 saturated carbocycles. The molecule has 8 nitrogen and oxygen atoms in total. The molecule has 2 aliphatic rings. The molecule has 1 aromatic carbocycles. The van der Waals surface area contributed by atoms with Crippen LogP contribution in [0.3, 0.4) is 0 Å². The topological polar surface area (TPSA) is 114 Å². The van der Waals surface area contributed by atoms with Gasteiger partial charge in [0.15, 0.2) is 0 Å². The zero-order valence-corrected chi connectivity index (χ0v) is 17.0. The summed E-state index contributed by atoms with van der Waals surface area (Å²) < 4.78 is 5.58. The molecule has 3 N–H and O–H groups in total. The fourth-order valence-corrected chi connectivity index (χ4v) is 4.46. The van der Waals surface area contributed by atoms with Crippen LogP contribution in [0.2, 0.25) is 0 Å². The molecular weight excluding hydrogens is 394 g/mol. The first-order valence-corrected chi connectivity index (χ1v) is 10.4. The van der Waals surface area contributed by atoms with Crippen molar-refractivity contribution in [2.75, 3.05) is 19.7 Å². The molecular formula is C23H23N5O3. The number of nitrogens with zero attached hydrogens (tertiary/aromatic N) is 3. The summed E-state index contributed by atoms with van der Waals surface area (Å²) in [4.78, 5) is 31.1. The molecule has 8 heteroatoms. The molecule has 1 saturated heterocycles. The highest BCUT2D eigenvalue weighted by Gasteiger charge is 2.29. The average molecular weight is 417 g/mol. The number of likely N-dealkylation sites (tertiary alicyclic amines) is 1. The van der Waals surface area contributed by atoms with E-state index >= 15 is 0 Å². The third-order valence-corrected chi connectivity index (χ3v) is 6.06. The average Bonchev–Trinajstić information content (AvgIpc) is 3.48. The molecule has 2 aromatic heterocycles. The van der Waals surface area contributed by atoms with Crippen LogP contribution in [0.4, 0.5) is 0 Å². The summed E-state index contributed by atoms with van der Waals surface area (Å²) in [6.07, 6.45) is 7.43. The van der Waals surface area contributed by atoms with E-state index in [1.54, 1.807) is 12.4 Å². The highest BCUT2D eigenvalue weighted by molar-refractivity contribution is 5.95. The lowest BCUT2D eigenvalue weighted by Crippen LogP contribution is -2.39. The van der Waals surface area contributed by atoms with Crippen molar-refractivity contribution in [2.24, 2.45) is 5.73 Å². The number of ether oxygens (including phenoxy) is 1. The largest absolute Gasteiger partial charge is 0.493 e. The third kappa shape index (κ3) is 3.65. The van der Waals surface area contributed by atoms with Gasteiger partial charge in [-0.2, -0.15) is 5.10 Å². The number of piperidine rings is 1. The first-order valence-electron chi connectivity index (χ1n) is 10.4. The molecule has 31 heavy (non-hydrogen) atoms. The number of carbonyl (C=O) groups excluding carboxylic acids is 2. The Morgan fingerprint density at radius 3 is 2.94 bits per heavy atom. The lowest BCUT2D eigenvalue weighted by atomic mass is 9.92. The predicted molar refractivity (Wildman–Crippen MR) is 114 cm³/mol. The summed E-state index contributed by atoms with van der Waals surface area (Å²) in [6.45, 7) is 1.87. The van der Waals surface area contributed by atoms with Crippen LogP contribution in [-0.2, 0) is 6.42 Å². The van der Waals surface area contributed by atoms with Crippen LogP contribution in [0.5, 0.6) is 5.75 Å². The number of fused-ring (bicyclic) bond motifs is 1. The molecule has 4 heterocycles. The summed E-state index contributed by atoms with van der Waals surface area (Å²) >= 11 is 0. The van der Waals surface area contributed by atoms with Crippen molar-refractivity contribution >= 4 is 11.8 Å². The highest BCUT2D eigenvalue weighted by atomic mass is 16.5. The van der Waals surface area contributed by atoms with Gasteiger partial charge in [0.25, 0.3) is 11.8 Å². The number of primary amides is 1. The summed E-state index contributed by atoms with van der Waals surface area (Å²) in [5.41, 5.74) is 10.2. The molecule has 3 aromatic rings. The van der Waals surface area contributed by atoms with E-state index in [1.165, 1.54) is 11.8 Å². The maximum absolute atomic E-state index is 13.3. The Morgan fingerprint density at radius 1 is 1.16 bits per heavy atom. The van der Waals surface area contributed by atoms with Gasteiger partial charge in [0.05, 0.1) is 29.6 Å². The maximum Gasteiger partial charge on any atom is 0.255 e. The number of benzene rings is 1. The lowest BCUT2D eigenvalue weighted by Gasteiger charge is -2.32. The van der Waals surface area contributed by atoms with E-state index in [9.17, 15) is 9.59 Å². The summed E-state index contributed by atoms with van der Waals surface area (Å²) in [5, 5.41) is 6.86. The van der Waals surface area contributed by atoms with Crippen molar-refractivity contribution in [3.05, 3.63) is 65.2 Å². The molecule has 1 atom stereocenters. The van der Waals surface area contributed by atoms with Crippen LogP contribution in [0.25, 0.3) is 11.1 Å². The second-order valence-corrected chi connectivity index (χ2v) is 8.04. The van der Waals surface area contributed by atoms with Crippen molar-refractivity contribution in [2.45, 2.75) is 25.2 Å². The Balaban J connectivity index is 1.37. The zero-order valence-electron chi connectivity index (χ0n) is 17.0. The van der Waals surface area contributed by atoms with E-state index in [2.05, 4.69) is 21.2 Å². The molecule has 5 rings (SSSR count). The van der Waals surface area contributed by atoms with Crippen LogP contribution in [-0.4, -0.2) is 51.6 Å². The molecule has 2 amide bonds. The Hall–Kier alpha value is -3.68. The van der Waals surface area contributed by atoms with Crippen molar-refractivity contribution in [1.82, 2.24) is 20.1 Å². The van der Waals surface area contributed by atoms with E-state index in [1.807, 2.05) is 23.1 Å². The van der Waals surface area contributed by atoms with E-state index < -0.39 is 5.91 Å². The van der Waals surface area contributed by atoms with Gasteiger partial charge in [0, 0.05) is 43.4 Å². The van der Waals surface area contributed by atoms with Gasteiger partial charge in [-0.1, -0.05) is 6.07 Å². The molecule has 0 bridgehead atoms. The standard InChI is InChI=1S/C23H23N5O3/c24-22(29)19-12-26-27-21(19)16-2-1-6-28(13-16)23(30)18-9-17(10-25-11-18)14-3-4-20-15(8-14)5-7-31-20/h3-4,8-12,16H,1-2,5-7,13H2,(H2,24,29)(H,26,27)/t16-/m1/s1. The summed E-state index contributed by atoms with van der Waals surface area (Å²) in [6, 6.07) is 7.97. The van der Waals surface area contributed by atoms with Crippen molar-refractivity contribution in [3.63, 3.8) is 0 Å². The fraction of sp³-hybridized carbons (Fsp3) is 0.304. The Kier molecular flexibility index (Phi) is 4.89. The zero-order chi connectivity index (χ0) is 21.4. The minimum absolute atomic E-state index is 0.00412. The number of nitrogens with two attached hydrogens (primary N) is 1. The second-order valence-electron chi connectivity index (χ2n) is 8.04. The Bertz CT molecular complexity index is 1160. The van der Waals surface area contributed by atoms with E-state index in [0.29, 0.717) is 36.5 Å². The third-order valence-electron chi connectivity index (χ3n) is 6.06. The minimum atomic E-state index is -0.510. The number of nitrogens with one attached hydrogen (secondary N) is 1. The Morgan fingerprint density at radius 2 is 2.06 bits per heavy atom. The van der Waals surface area contributed by atoms with Crippen molar-refractivity contribution < 1.29 is 14.3 Å². The number of aromatic nitrogens is 3. The molecule has 0 spiro atoms. The van der Waals surface area contributed by atoms with Crippen molar-refractivity contribution in [1.29, 1.82) is 0 Å². The van der Waals surface area contributed by atoms with Gasteiger partial charge in [-0.05, 0) is 42.2 Å². The van der Waals surface area contributed by atoms with Gasteiger partial charge in [-0.25, -0.2) is 0 Å². The van der Waals surface area contributed by atoms with E-state index in [4.69, 9.17) is 10.5 Å². The second kappa shape index (κ2) is 7.86. The van der Waals surface area contributed by atoms with E-state index in [-0.39, 0.29) is 11.8 Å². The van der Waals surface area contributed by atoms with Crippen LogP contribution in [0, 0.1) is 0 Å². The normalized spacial score (nSPS) is 17.8. The summed E-state index contributed by atoms with van der Waals surface area (Å²) in [7, 11) is 0. The number of rotatable bonds is 4. The van der Waals surface area contributed by atoms with Gasteiger partial charge in [0.2, 0.25) is 0 Å². The summed E-state index contributed by atoms with van der Waals surface area (Å²) in [5.74, 6) is 0.348. The van der Waals surface area contributed by atoms with Crippen LogP contribution >= 0.6 is 0 Å². The number of aromatic amines is 1. The smallest absolute Gasteiger partial charge is 0.255 e. The Labute approximate surface area is 179 Å². The van der Waals surface area contributed by atoms with Gasteiger partial charge in [-0.15, -0.1) is 0 Å². The molecule has 1 fully saturated rings. The minimum Gasteiger partial charge on any atom is -0.493 e. The first-order chi connectivity index (χ1) is 15.1. The maximum atomic E-state index is 13.3. The van der Waals surface area contributed by atoms with Gasteiger partial charge < -0.3 is 15.4 Å².